The van der Waals surface area contributed by atoms with Crippen LogP contribution in [0.25, 0.3) is 0 Å². The van der Waals surface area contributed by atoms with Crippen molar-refractivity contribution in [2.75, 3.05) is 0 Å². The molecule has 1 amide bonds. The number of aliphatic imine (C=N–C) groups is 1. The SMILES string of the molecule is CCC(N)=NC(=O)c1cccnc1. The Labute approximate surface area is 76.5 Å². The Morgan fingerprint density at radius 2 is 2.46 bits per heavy atom. The average Bonchev–Trinajstić information content (AvgIpc) is 2.19. The molecule has 0 radical (unpaired) electrons. The second-order valence-corrected chi connectivity index (χ2v) is 2.50. The molecule has 1 heterocycles. The molecule has 1 rings (SSSR count). The highest BCUT2D eigenvalue weighted by Crippen LogP contribution is 1.98. The summed E-state index contributed by atoms with van der Waals surface area (Å²) < 4.78 is 0. The minimum Gasteiger partial charge on any atom is -0.387 e. The normalized spacial score (nSPS) is 11.3. The van der Waals surface area contributed by atoms with E-state index in [0.29, 0.717) is 17.8 Å². The van der Waals surface area contributed by atoms with Gasteiger partial charge in [-0.1, -0.05) is 6.92 Å². The van der Waals surface area contributed by atoms with Gasteiger partial charge in [-0.25, -0.2) is 0 Å². The molecule has 0 aliphatic rings. The number of amides is 1. The zero-order valence-corrected chi connectivity index (χ0v) is 7.40. The fraction of sp³-hybridized carbons (Fsp3) is 0.222. The standard InChI is InChI=1S/C9H11N3O/c1-2-8(10)12-9(13)7-4-3-5-11-6-7/h3-6H,2H2,1H3,(H2,10,12,13). The highest BCUT2D eigenvalue weighted by Gasteiger charge is 2.02. The Morgan fingerprint density at radius 1 is 1.69 bits per heavy atom. The maximum absolute atomic E-state index is 11.3. The largest absolute Gasteiger partial charge is 0.387 e. The first-order valence-electron chi connectivity index (χ1n) is 4.01. The van der Waals surface area contributed by atoms with Crippen molar-refractivity contribution < 1.29 is 4.79 Å². The molecular formula is C9H11N3O. The van der Waals surface area contributed by atoms with Gasteiger partial charge in [0.15, 0.2) is 0 Å². The zero-order valence-electron chi connectivity index (χ0n) is 7.40. The van der Waals surface area contributed by atoms with Crippen molar-refractivity contribution >= 4 is 11.7 Å². The van der Waals surface area contributed by atoms with Crippen molar-refractivity contribution in [1.82, 2.24) is 4.98 Å². The van der Waals surface area contributed by atoms with Gasteiger partial charge in [0, 0.05) is 18.8 Å². The summed E-state index contributed by atoms with van der Waals surface area (Å²) >= 11 is 0. The van der Waals surface area contributed by atoms with Crippen molar-refractivity contribution in [3.63, 3.8) is 0 Å². The molecule has 0 saturated heterocycles. The van der Waals surface area contributed by atoms with Crippen molar-refractivity contribution in [3.8, 4) is 0 Å². The summed E-state index contributed by atoms with van der Waals surface area (Å²) in [6.07, 6.45) is 3.64. The molecule has 4 heteroatoms. The van der Waals surface area contributed by atoms with Crippen LogP contribution in [-0.2, 0) is 0 Å². The summed E-state index contributed by atoms with van der Waals surface area (Å²) in [6, 6.07) is 3.34. The van der Waals surface area contributed by atoms with E-state index in [2.05, 4.69) is 9.98 Å². The molecule has 2 N–H and O–H groups in total. The Hall–Kier alpha value is -1.71. The molecule has 0 fully saturated rings. The summed E-state index contributed by atoms with van der Waals surface area (Å²) in [6.45, 7) is 1.84. The van der Waals surface area contributed by atoms with E-state index < -0.39 is 0 Å². The van der Waals surface area contributed by atoms with Crippen LogP contribution in [0, 0.1) is 0 Å². The van der Waals surface area contributed by atoms with Crippen LogP contribution in [0.2, 0.25) is 0 Å². The molecule has 1 aromatic heterocycles. The second-order valence-electron chi connectivity index (χ2n) is 2.50. The maximum atomic E-state index is 11.3. The van der Waals surface area contributed by atoms with Crippen LogP contribution >= 0.6 is 0 Å². The Bertz CT molecular complexity index is 319. The van der Waals surface area contributed by atoms with Gasteiger partial charge in [0.25, 0.3) is 5.91 Å². The number of pyridine rings is 1. The first kappa shape index (κ1) is 9.38. The smallest absolute Gasteiger partial charge is 0.280 e. The minimum atomic E-state index is -0.340. The maximum Gasteiger partial charge on any atom is 0.280 e. The van der Waals surface area contributed by atoms with Crippen molar-refractivity contribution in [1.29, 1.82) is 0 Å². The van der Waals surface area contributed by atoms with Crippen LogP contribution in [0.1, 0.15) is 23.7 Å². The fourth-order valence-electron chi connectivity index (χ4n) is 0.763. The van der Waals surface area contributed by atoms with E-state index in [-0.39, 0.29) is 5.91 Å². The number of hydrogen-bond acceptors (Lipinski definition) is 2. The zero-order chi connectivity index (χ0) is 9.68. The predicted octanol–water partition coefficient (Wildman–Crippen LogP) is 0.989. The molecule has 0 aliphatic carbocycles. The highest BCUT2D eigenvalue weighted by atomic mass is 16.1. The second kappa shape index (κ2) is 4.35. The van der Waals surface area contributed by atoms with E-state index in [1.54, 1.807) is 18.3 Å². The third-order valence-corrected chi connectivity index (χ3v) is 1.52. The van der Waals surface area contributed by atoms with Crippen molar-refractivity contribution in [2.45, 2.75) is 13.3 Å². The molecule has 0 atom stereocenters. The lowest BCUT2D eigenvalue weighted by Crippen LogP contribution is -2.12. The van der Waals surface area contributed by atoms with Crippen LogP contribution in [0.4, 0.5) is 0 Å². The number of amidine groups is 1. The fourth-order valence-corrected chi connectivity index (χ4v) is 0.763. The lowest BCUT2D eigenvalue weighted by Gasteiger charge is -1.95. The number of carbonyl (C=O) groups excluding carboxylic acids is 1. The molecule has 0 unspecified atom stereocenters. The molecule has 0 aliphatic heterocycles. The van der Waals surface area contributed by atoms with E-state index >= 15 is 0 Å². The minimum absolute atomic E-state index is 0.340. The number of hydrogen-bond donors (Lipinski definition) is 1. The predicted molar refractivity (Wildman–Crippen MR) is 50.5 cm³/mol. The number of carbonyl (C=O) groups is 1. The van der Waals surface area contributed by atoms with Crippen molar-refractivity contribution in [3.05, 3.63) is 30.1 Å². The summed E-state index contributed by atoms with van der Waals surface area (Å²) in [5.41, 5.74) is 5.88. The van der Waals surface area contributed by atoms with Crippen LogP contribution in [0.3, 0.4) is 0 Å². The van der Waals surface area contributed by atoms with Gasteiger partial charge in [0.2, 0.25) is 0 Å². The van der Waals surface area contributed by atoms with Gasteiger partial charge < -0.3 is 5.73 Å². The van der Waals surface area contributed by atoms with E-state index in [9.17, 15) is 4.79 Å². The van der Waals surface area contributed by atoms with Crippen LogP contribution in [0.5, 0.6) is 0 Å². The third kappa shape index (κ3) is 2.66. The molecule has 13 heavy (non-hydrogen) atoms. The van der Waals surface area contributed by atoms with Gasteiger partial charge in [-0.05, 0) is 12.1 Å². The van der Waals surface area contributed by atoms with Gasteiger partial charge in [0.05, 0.1) is 5.56 Å². The molecule has 4 nitrogen and oxygen atoms in total. The third-order valence-electron chi connectivity index (χ3n) is 1.52. The van der Waals surface area contributed by atoms with E-state index in [0.717, 1.165) is 0 Å². The summed E-state index contributed by atoms with van der Waals surface area (Å²) in [7, 11) is 0. The topological polar surface area (TPSA) is 68.3 Å². The molecule has 0 spiro atoms. The Balaban J connectivity index is 2.81. The van der Waals surface area contributed by atoms with E-state index in [1.807, 2.05) is 6.92 Å². The number of rotatable bonds is 2. The van der Waals surface area contributed by atoms with Crippen LogP contribution < -0.4 is 5.73 Å². The van der Waals surface area contributed by atoms with Crippen molar-refractivity contribution in [2.24, 2.45) is 10.7 Å². The Kier molecular flexibility index (Phi) is 3.14. The van der Waals surface area contributed by atoms with Gasteiger partial charge in [-0.3, -0.25) is 9.78 Å². The Morgan fingerprint density at radius 3 is 3.00 bits per heavy atom. The van der Waals surface area contributed by atoms with Crippen LogP contribution in [0.15, 0.2) is 29.5 Å². The van der Waals surface area contributed by atoms with Gasteiger partial charge in [-0.15, -0.1) is 0 Å². The first-order valence-corrected chi connectivity index (χ1v) is 4.01. The molecule has 0 bridgehead atoms. The van der Waals surface area contributed by atoms with E-state index in [4.69, 9.17) is 5.73 Å². The highest BCUT2D eigenvalue weighted by molar-refractivity contribution is 6.02. The monoisotopic (exact) mass is 177 g/mol. The molecule has 0 saturated carbocycles. The summed E-state index contributed by atoms with van der Waals surface area (Å²) in [4.78, 5) is 18.8. The molecular weight excluding hydrogens is 166 g/mol. The summed E-state index contributed by atoms with van der Waals surface area (Å²) in [5.74, 6) is 0.00121. The van der Waals surface area contributed by atoms with Gasteiger partial charge in [0.1, 0.15) is 5.84 Å². The first-order chi connectivity index (χ1) is 6.24. The lowest BCUT2D eigenvalue weighted by atomic mass is 10.3. The lowest BCUT2D eigenvalue weighted by molar-refractivity contribution is 0.100. The summed E-state index contributed by atoms with van der Waals surface area (Å²) in [5, 5.41) is 0. The van der Waals surface area contributed by atoms with Crippen LogP contribution in [-0.4, -0.2) is 16.7 Å². The molecule has 68 valence electrons. The van der Waals surface area contributed by atoms with Gasteiger partial charge in [-0.2, -0.15) is 4.99 Å². The number of nitrogens with two attached hydrogens (primary N) is 1. The van der Waals surface area contributed by atoms with E-state index in [1.165, 1.54) is 6.20 Å². The molecule has 1 aromatic rings. The number of aromatic nitrogens is 1. The number of nitrogens with zero attached hydrogens (tertiary/aromatic N) is 2. The molecule has 0 aromatic carbocycles. The average molecular weight is 177 g/mol. The quantitative estimate of drug-likeness (QED) is 0.541. The van der Waals surface area contributed by atoms with Gasteiger partial charge >= 0.3 is 0 Å².